The number of hydrogen-bond donors (Lipinski definition) is 1. The molecule has 1 aromatic carbocycles. The molecule has 1 aromatic heterocycles. The molecule has 1 aliphatic carbocycles. The molecule has 0 spiro atoms. The van der Waals surface area contributed by atoms with E-state index in [1.165, 1.54) is 0 Å². The minimum Gasteiger partial charge on any atom is -0.360 e. The summed E-state index contributed by atoms with van der Waals surface area (Å²) in [6, 6.07) is 11.7. The van der Waals surface area contributed by atoms with Crippen LogP contribution in [-0.2, 0) is 16.0 Å². The summed E-state index contributed by atoms with van der Waals surface area (Å²) in [6.07, 6.45) is 3.03. The molecule has 1 fully saturated rings. The molecule has 1 aliphatic rings. The average molecular weight is 327 g/mol. The zero-order valence-electron chi connectivity index (χ0n) is 13.7. The van der Waals surface area contributed by atoms with E-state index in [1.807, 2.05) is 30.3 Å². The summed E-state index contributed by atoms with van der Waals surface area (Å²) in [5, 5.41) is 6.40. The second-order valence-electron chi connectivity index (χ2n) is 6.11. The van der Waals surface area contributed by atoms with Crippen molar-refractivity contribution in [2.45, 2.75) is 38.6 Å². The lowest BCUT2D eigenvalue weighted by molar-refractivity contribution is -0.135. The third kappa shape index (κ3) is 4.44. The van der Waals surface area contributed by atoms with E-state index in [4.69, 9.17) is 4.52 Å². The molecule has 0 atom stereocenters. The molecule has 3 rings (SSSR count). The van der Waals surface area contributed by atoms with Crippen molar-refractivity contribution in [3.63, 3.8) is 0 Å². The Balaban J connectivity index is 1.54. The molecule has 24 heavy (non-hydrogen) atoms. The van der Waals surface area contributed by atoms with E-state index >= 15 is 0 Å². The fourth-order valence-corrected chi connectivity index (χ4v) is 2.61. The minimum absolute atomic E-state index is 0.0211. The maximum absolute atomic E-state index is 12.5. The summed E-state index contributed by atoms with van der Waals surface area (Å²) in [6.45, 7) is 1.82. The molecule has 6 heteroatoms. The lowest BCUT2D eigenvalue weighted by Crippen LogP contribution is -2.39. The maximum atomic E-state index is 12.5. The van der Waals surface area contributed by atoms with Crippen LogP contribution in [-0.4, -0.2) is 34.5 Å². The second kappa shape index (κ2) is 7.29. The molecule has 1 saturated carbocycles. The van der Waals surface area contributed by atoms with E-state index < -0.39 is 0 Å². The van der Waals surface area contributed by atoms with Crippen LogP contribution in [0.4, 0.5) is 5.82 Å². The van der Waals surface area contributed by atoms with Crippen LogP contribution in [0.3, 0.4) is 0 Å². The number of nitrogens with zero attached hydrogens (tertiary/aromatic N) is 2. The lowest BCUT2D eigenvalue weighted by Gasteiger charge is -2.21. The van der Waals surface area contributed by atoms with Crippen LogP contribution in [0.1, 0.15) is 30.6 Å². The molecule has 6 nitrogen and oxygen atoms in total. The van der Waals surface area contributed by atoms with Gasteiger partial charge in [-0.1, -0.05) is 35.5 Å². The summed E-state index contributed by atoms with van der Waals surface area (Å²) in [4.78, 5) is 26.3. The van der Waals surface area contributed by atoms with E-state index in [2.05, 4.69) is 10.5 Å². The number of amides is 2. The van der Waals surface area contributed by atoms with Gasteiger partial charge in [0.2, 0.25) is 11.8 Å². The molecular formula is C18H21N3O3. The first kappa shape index (κ1) is 16.2. The SMILES string of the molecule is Cc1cc(NC(=O)CN(C(=O)CCc2ccccc2)C2CC2)no1. The highest BCUT2D eigenvalue weighted by atomic mass is 16.5. The van der Waals surface area contributed by atoms with Crippen LogP contribution in [0.2, 0.25) is 0 Å². The minimum atomic E-state index is -0.247. The number of anilines is 1. The third-order valence-corrected chi connectivity index (χ3v) is 3.99. The quantitative estimate of drug-likeness (QED) is 0.848. The first-order chi connectivity index (χ1) is 11.6. The number of aromatic nitrogens is 1. The van der Waals surface area contributed by atoms with Crippen LogP contribution < -0.4 is 5.32 Å². The summed E-state index contributed by atoms with van der Waals surface area (Å²) in [7, 11) is 0. The number of carbonyl (C=O) groups excluding carboxylic acids is 2. The molecule has 0 saturated heterocycles. The first-order valence-electron chi connectivity index (χ1n) is 8.18. The molecule has 2 amide bonds. The van der Waals surface area contributed by atoms with Crippen LogP contribution in [0.5, 0.6) is 0 Å². The fourth-order valence-electron chi connectivity index (χ4n) is 2.61. The van der Waals surface area contributed by atoms with Gasteiger partial charge in [0, 0.05) is 18.5 Å². The summed E-state index contributed by atoms with van der Waals surface area (Å²) < 4.78 is 4.92. The van der Waals surface area contributed by atoms with Gasteiger partial charge >= 0.3 is 0 Å². The smallest absolute Gasteiger partial charge is 0.245 e. The van der Waals surface area contributed by atoms with E-state index in [9.17, 15) is 9.59 Å². The van der Waals surface area contributed by atoms with Gasteiger partial charge in [-0.05, 0) is 31.7 Å². The Morgan fingerprint density at radius 2 is 2.04 bits per heavy atom. The van der Waals surface area contributed by atoms with Gasteiger partial charge in [0.1, 0.15) is 12.3 Å². The van der Waals surface area contributed by atoms with Crippen molar-refractivity contribution < 1.29 is 14.1 Å². The van der Waals surface area contributed by atoms with E-state index in [0.29, 0.717) is 24.4 Å². The summed E-state index contributed by atoms with van der Waals surface area (Å²) >= 11 is 0. The monoisotopic (exact) mass is 327 g/mol. The maximum Gasteiger partial charge on any atom is 0.245 e. The molecule has 126 valence electrons. The molecule has 2 aromatic rings. The van der Waals surface area contributed by atoms with Gasteiger partial charge in [-0.3, -0.25) is 9.59 Å². The number of hydrogen-bond acceptors (Lipinski definition) is 4. The largest absolute Gasteiger partial charge is 0.360 e. The third-order valence-electron chi connectivity index (χ3n) is 3.99. The Morgan fingerprint density at radius 1 is 1.29 bits per heavy atom. The lowest BCUT2D eigenvalue weighted by atomic mass is 10.1. The predicted octanol–water partition coefficient (Wildman–Crippen LogP) is 2.55. The van der Waals surface area contributed by atoms with Crippen molar-refractivity contribution in [1.82, 2.24) is 10.1 Å². The van der Waals surface area contributed by atoms with Crippen molar-refractivity contribution >= 4 is 17.6 Å². The molecule has 0 aliphatic heterocycles. The molecule has 1 N–H and O–H groups in total. The molecule has 1 heterocycles. The van der Waals surface area contributed by atoms with E-state index in [-0.39, 0.29) is 24.4 Å². The van der Waals surface area contributed by atoms with Crippen molar-refractivity contribution in [3.8, 4) is 0 Å². The van der Waals surface area contributed by atoms with Crippen molar-refractivity contribution in [3.05, 3.63) is 47.7 Å². The van der Waals surface area contributed by atoms with Crippen LogP contribution in [0.15, 0.2) is 40.9 Å². The standard InChI is InChI=1S/C18H21N3O3/c1-13-11-16(20-24-13)19-17(22)12-21(15-8-9-15)18(23)10-7-14-5-3-2-4-6-14/h2-6,11,15H,7-10,12H2,1H3,(H,19,20,22). The van der Waals surface area contributed by atoms with Gasteiger partial charge in [-0.25, -0.2) is 0 Å². The zero-order chi connectivity index (χ0) is 16.9. The van der Waals surface area contributed by atoms with Crippen LogP contribution >= 0.6 is 0 Å². The zero-order valence-corrected chi connectivity index (χ0v) is 13.7. The Kier molecular flexibility index (Phi) is 4.93. The molecule has 0 radical (unpaired) electrons. The highest BCUT2D eigenvalue weighted by Crippen LogP contribution is 2.27. The van der Waals surface area contributed by atoms with Crippen molar-refractivity contribution in [2.75, 3.05) is 11.9 Å². The number of rotatable bonds is 7. The Morgan fingerprint density at radius 3 is 2.67 bits per heavy atom. The highest BCUT2D eigenvalue weighted by molar-refractivity contribution is 5.94. The molecule has 0 bridgehead atoms. The van der Waals surface area contributed by atoms with Crippen molar-refractivity contribution in [1.29, 1.82) is 0 Å². The first-order valence-corrected chi connectivity index (χ1v) is 8.18. The normalized spacial score (nSPS) is 13.5. The number of benzene rings is 1. The summed E-state index contributed by atoms with van der Waals surface area (Å²) in [5.74, 6) is 0.782. The Bertz CT molecular complexity index is 707. The van der Waals surface area contributed by atoms with Gasteiger partial charge in [0.25, 0.3) is 0 Å². The van der Waals surface area contributed by atoms with Gasteiger partial charge in [-0.2, -0.15) is 0 Å². The van der Waals surface area contributed by atoms with Gasteiger partial charge < -0.3 is 14.7 Å². The van der Waals surface area contributed by atoms with Crippen LogP contribution in [0.25, 0.3) is 0 Å². The van der Waals surface area contributed by atoms with Gasteiger partial charge in [0.05, 0.1) is 0 Å². The number of nitrogens with one attached hydrogen (secondary N) is 1. The molecule has 0 unspecified atom stereocenters. The predicted molar refractivity (Wildman–Crippen MR) is 89.4 cm³/mol. The topological polar surface area (TPSA) is 75.4 Å². The Hall–Kier alpha value is -2.63. The molecular weight excluding hydrogens is 306 g/mol. The van der Waals surface area contributed by atoms with Crippen LogP contribution in [0, 0.1) is 6.92 Å². The summed E-state index contributed by atoms with van der Waals surface area (Å²) in [5.41, 5.74) is 1.13. The van der Waals surface area contributed by atoms with Crippen molar-refractivity contribution in [2.24, 2.45) is 0 Å². The van der Waals surface area contributed by atoms with E-state index in [0.717, 1.165) is 18.4 Å². The fraction of sp³-hybridized carbons (Fsp3) is 0.389. The van der Waals surface area contributed by atoms with E-state index in [1.54, 1.807) is 17.9 Å². The number of aryl methyl sites for hydroxylation is 2. The highest BCUT2D eigenvalue weighted by Gasteiger charge is 2.33. The number of carbonyl (C=O) groups is 2. The average Bonchev–Trinajstić information content (AvgIpc) is 3.34. The Labute approximate surface area is 140 Å². The second-order valence-corrected chi connectivity index (χ2v) is 6.11. The van der Waals surface area contributed by atoms with Gasteiger partial charge in [0.15, 0.2) is 5.82 Å². The van der Waals surface area contributed by atoms with Gasteiger partial charge in [-0.15, -0.1) is 0 Å².